The van der Waals surface area contributed by atoms with E-state index in [0.717, 1.165) is 29.5 Å². The molecule has 1 aromatic carbocycles. The van der Waals surface area contributed by atoms with Crippen LogP contribution in [0.4, 0.5) is 18.3 Å². The van der Waals surface area contributed by atoms with Gasteiger partial charge in [0.2, 0.25) is 0 Å². The Morgan fingerprint density at radius 2 is 2.00 bits per heavy atom. The van der Waals surface area contributed by atoms with Crippen LogP contribution in [0.1, 0.15) is 33.3 Å². The lowest BCUT2D eigenvalue weighted by Gasteiger charge is -2.08. The minimum absolute atomic E-state index is 0.135. The van der Waals surface area contributed by atoms with Crippen LogP contribution in [0, 0.1) is 0 Å². The largest absolute Gasteiger partial charge is 0.416 e. The van der Waals surface area contributed by atoms with Crippen molar-refractivity contribution < 1.29 is 22.8 Å². The number of hydrogen-bond donors (Lipinski definition) is 1. The van der Waals surface area contributed by atoms with Crippen LogP contribution >= 0.6 is 11.3 Å². The molecule has 0 unspecified atom stereocenters. The van der Waals surface area contributed by atoms with Crippen molar-refractivity contribution in [3.8, 4) is 0 Å². The lowest BCUT2D eigenvalue weighted by Crippen LogP contribution is -2.14. The summed E-state index contributed by atoms with van der Waals surface area (Å²) in [5.74, 6) is -0.976. The summed E-state index contributed by atoms with van der Waals surface area (Å²) in [4.78, 5) is 26.8. The first-order valence-corrected chi connectivity index (χ1v) is 6.60. The minimum atomic E-state index is -4.51. The van der Waals surface area contributed by atoms with Gasteiger partial charge in [-0.05, 0) is 18.2 Å². The van der Waals surface area contributed by atoms with Gasteiger partial charge in [0.05, 0.1) is 5.56 Å². The predicted octanol–water partition coefficient (Wildman–Crippen LogP) is 3.62. The first-order valence-electron chi connectivity index (χ1n) is 5.72. The van der Waals surface area contributed by atoms with E-state index in [9.17, 15) is 22.8 Å². The fourth-order valence-electron chi connectivity index (χ4n) is 1.50. The number of carbonyl (C=O) groups is 2. The highest BCUT2D eigenvalue weighted by Gasteiger charge is 2.30. The fraction of sp³-hybridized carbons (Fsp3) is 0.154. The van der Waals surface area contributed by atoms with Gasteiger partial charge < -0.3 is 0 Å². The zero-order valence-corrected chi connectivity index (χ0v) is 11.5. The molecule has 8 heteroatoms. The van der Waals surface area contributed by atoms with Crippen LogP contribution < -0.4 is 5.32 Å². The van der Waals surface area contributed by atoms with Gasteiger partial charge in [0, 0.05) is 17.9 Å². The van der Waals surface area contributed by atoms with Gasteiger partial charge in [0.25, 0.3) is 5.91 Å². The first kappa shape index (κ1) is 15.2. The molecule has 0 bridgehead atoms. The molecule has 1 amide bonds. The number of nitrogens with zero attached hydrogens (tertiary/aromatic N) is 1. The Labute approximate surface area is 121 Å². The molecule has 110 valence electrons. The number of amides is 1. The van der Waals surface area contributed by atoms with E-state index in [1.165, 1.54) is 18.4 Å². The van der Waals surface area contributed by atoms with Crippen LogP contribution in [0.15, 0.2) is 29.6 Å². The molecule has 0 fully saturated rings. The molecule has 0 spiro atoms. The molecule has 2 rings (SSSR count). The van der Waals surface area contributed by atoms with Gasteiger partial charge in [0.1, 0.15) is 5.69 Å². The van der Waals surface area contributed by atoms with Crippen LogP contribution in [0.5, 0.6) is 0 Å². The lowest BCUT2D eigenvalue weighted by molar-refractivity contribution is -0.137. The zero-order valence-electron chi connectivity index (χ0n) is 10.7. The number of rotatable bonds is 3. The number of Topliss-reactive ketones (excluding diaryl/α,β-unsaturated/α-hetero) is 1. The predicted molar refractivity (Wildman–Crippen MR) is 71.5 cm³/mol. The van der Waals surface area contributed by atoms with Gasteiger partial charge in [-0.3, -0.25) is 14.9 Å². The van der Waals surface area contributed by atoms with Gasteiger partial charge in [-0.25, -0.2) is 4.98 Å². The maximum absolute atomic E-state index is 12.6. The topological polar surface area (TPSA) is 59.1 Å². The van der Waals surface area contributed by atoms with Crippen LogP contribution in [0.2, 0.25) is 0 Å². The number of anilines is 1. The summed E-state index contributed by atoms with van der Waals surface area (Å²) < 4.78 is 37.7. The van der Waals surface area contributed by atoms with E-state index in [1.807, 2.05) is 0 Å². The first-order chi connectivity index (χ1) is 9.77. The lowest BCUT2D eigenvalue weighted by atomic mass is 10.1. The highest BCUT2D eigenvalue weighted by molar-refractivity contribution is 7.14. The van der Waals surface area contributed by atoms with Gasteiger partial charge in [-0.2, -0.15) is 13.2 Å². The summed E-state index contributed by atoms with van der Waals surface area (Å²) in [5.41, 5.74) is -0.845. The number of aromatic nitrogens is 1. The molecule has 0 saturated carbocycles. The molecule has 0 atom stereocenters. The van der Waals surface area contributed by atoms with Gasteiger partial charge in [0.15, 0.2) is 10.9 Å². The highest BCUT2D eigenvalue weighted by atomic mass is 32.1. The second kappa shape index (κ2) is 5.65. The Balaban J connectivity index is 2.18. The Kier molecular flexibility index (Phi) is 4.08. The molecule has 2 aromatic rings. The van der Waals surface area contributed by atoms with E-state index in [-0.39, 0.29) is 22.2 Å². The Hall–Kier alpha value is -2.22. The monoisotopic (exact) mass is 314 g/mol. The van der Waals surface area contributed by atoms with Gasteiger partial charge in [-0.15, -0.1) is 11.3 Å². The van der Waals surface area contributed by atoms with Crippen molar-refractivity contribution in [2.45, 2.75) is 13.1 Å². The van der Waals surface area contributed by atoms with Crippen molar-refractivity contribution in [2.75, 3.05) is 5.32 Å². The number of halogens is 3. The third-order valence-electron chi connectivity index (χ3n) is 2.54. The molecule has 1 aromatic heterocycles. The van der Waals surface area contributed by atoms with E-state index >= 15 is 0 Å². The van der Waals surface area contributed by atoms with Crippen LogP contribution in [-0.2, 0) is 6.18 Å². The maximum atomic E-state index is 12.6. The van der Waals surface area contributed by atoms with E-state index in [1.54, 1.807) is 0 Å². The average molecular weight is 314 g/mol. The zero-order chi connectivity index (χ0) is 15.6. The molecule has 21 heavy (non-hydrogen) atoms. The Bertz CT molecular complexity index is 695. The molecule has 0 aliphatic heterocycles. The average Bonchev–Trinajstić information content (AvgIpc) is 2.86. The van der Waals surface area contributed by atoms with Crippen LogP contribution in [0.3, 0.4) is 0 Å². The minimum Gasteiger partial charge on any atom is -0.298 e. The molecule has 0 saturated heterocycles. The molecule has 0 aliphatic rings. The molecule has 4 nitrogen and oxygen atoms in total. The van der Waals surface area contributed by atoms with Crippen molar-refractivity contribution in [1.82, 2.24) is 4.98 Å². The molecule has 1 N–H and O–H groups in total. The summed E-state index contributed by atoms with van der Waals surface area (Å²) in [6.07, 6.45) is -4.51. The third-order valence-corrected chi connectivity index (χ3v) is 3.30. The summed E-state index contributed by atoms with van der Waals surface area (Å²) >= 11 is 1.02. The van der Waals surface area contributed by atoms with E-state index < -0.39 is 17.6 Å². The SMILES string of the molecule is CC(=O)c1csc(NC(=O)c2cccc(C(F)(F)F)c2)n1. The number of hydrogen-bond acceptors (Lipinski definition) is 4. The molecule has 0 aliphatic carbocycles. The quantitative estimate of drug-likeness (QED) is 0.880. The Morgan fingerprint density at radius 3 is 2.57 bits per heavy atom. The van der Waals surface area contributed by atoms with E-state index in [4.69, 9.17) is 0 Å². The number of nitrogens with one attached hydrogen (secondary N) is 1. The summed E-state index contributed by atoms with van der Waals surface area (Å²) in [6, 6.07) is 4.06. The molecule has 0 radical (unpaired) electrons. The third kappa shape index (κ3) is 3.66. The van der Waals surface area contributed by atoms with Crippen molar-refractivity contribution in [2.24, 2.45) is 0 Å². The van der Waals surface area contributed by atoms with Crippen LogP contribution in [-0.4, -0.2) is 16.7 Å². The molecule has 1 heterocycles. The van der Waals surface area contributed by atoms with Crippen molar-refractivity contribution >= 4 is 28.2 Å². The van der Waals surface area contributed by atoms with Gasteiger partial charge in [-0.1, -0.05) is 6.07 Å². The number of carbonyl (C=O) groups excluding carboxylic acids is 2. The standard InChI is InChI=1S/C13H9F3N2O2S/c1-7(19)10-6-21-12(17-10)18-11(20)8-3-2-4-9(5-8)13(14,15)16/h2-6H,1H3,(H,17,18,20). The molecular formula is C13H9F3N2O2S. The Morgan fingerprint density at radius 1 is 1.29 bits per heavy atom. The fourth-order valence-corrected chi connectivity index (χ4v) is 2.24. The second-order valence-electron chi connectivity index (χ2n) is 4.13. The number of ketones is 1. The number of thiazole rings is 1. The van der Waals surface area contributed by atoms with Gasteiger partial charge >= 0.3 is 6.18 Å². The second-order valence-corrected chi connectivity index (χ2v) is 4.98. The van der Waals surface area contributed by atoms with E-state index in [0.29, 0.717) is 0 Å². The number of alkyl halides is 3. The van der Waals surface area contributed by atoms with Crippen LogP contribution in [0.25, 0.3) is 0 Å². The molecular weight excluding hydrogens is 305 g/mol. The van der Waals surface area contributed by atoms with Crippen molar-refractivity contribution in [1.29, 1.82) is 0 Å². The summed E-state index contributed by atoms with van der Waals surface area (Å²) in [7, 11) is 0. The van der Waals surface area contributed by atoms with Crippen molar-refractivity contribution in [3.63, 3.8) is 0 Å². The smallest absolute Gasteiger partial charge is 0.298 e. The van der Waals surface area contributed by atoms with Crippen molar-refractivity contribution in [3.05, 3.63) is 46.5 Å². The summed E-state index contributed by atoms with van der Waals surface area (Å²) in [6.45, 7) is 1.33. The highest BCUT2D eigenvalue weighted by Crippen LogP contribution is 2.29. The number of benzene rings is 1. The van der Waals surface area contributed by atoms with E-state index in [2.05, 4.69) is 10.3 Å². The maximum Gasteiger partial charge on any atom is 0.416 e. The normalized spacial score (nSPS) is 11.2. The summed E-state index contributed by atoms with van der Waals surface area (Å²) in [5, 5.41) is 3.98.